The summed E-state index contributed by atoms with van der Waals surface area (Å²) >= 11 is 0. The highest BCUT2D eigenvalue weighted by Crippen LogP contribution is 2.44. The lowest BCUT2D eigenvalue weighted by Gasteiger charge is -2.53. The molecule has 6 aliphatic rings. The summed E-state index contributed by atoms with van der Waals surface area (Å²) in [6.07, 6.45) is -20.9. The van der Waals surface area contributed by atoms with Gasteiger partial charge in [0.25, 0.3) is 23.6 Å². The maximum atomic E-state index is 15.4. The van der Waals surface area contributed by atoms with Gasteiger partial charge in [0, 0.05) is 32.8 Å². The van der Waals surface area contributed by atoms with E-state index >= 15 is 9.59 Å². The molecule has 7 aromatic rings. The standard InChI is InChI=1S/C79H77N5O19/c1-47-48(2)72(86)83(71(47)85)61-66(93-42-53-30-16-7-17-31-53)63(58(96-70(61)81-82-80)44-91-40-51-26-12-5-13-27-51)102-78-62(84-73(87)49(3)50(4)74(84)88)67(94-43-54-32-18-8-19-33-54)64(59(97-78)45-92-41-52-28-14-6-15-29-52)103-79-69(100-76(90)56-36-22-10-23-37-56)68(99-75(89)55-34-20-9-21-35-55)65-60(98-79)46-95-77(101-65)57-38-24-11-25-39-57/h5-39,58-70,77-79H,40-46H2,1-4H3/t58-,59-,60-,61-,62-,63-,64-,65-,66-,67-,68+,69+,70-,77-,78+,79+/m1/s1. The molecule has 0 radical (unpaired) electrons. The molecular formula is C79H77N5O19. The summed E-state index contributed by atoms with van der Waals surface area (Å²) in [5, 5.41) is 4.10. The molecule has 0 bridgehead atoms. The van der Waals surface area contributed by atoms with E-state index in [1.165, 1.54) is 27.7 Å². The Labute approximate surface area is 594 Å². The van der Waals surface area contributed by atoms with Crippen molar-refractivity contribution in [1.29, 1.82) is 0 Å². The fourth-order valence-corrected chi connectivity index (χ4v) is 13.5. The lowest BCUT2D eigenvalue weighted by molar-refractivity contribution is -0.387. The number of azide groups is 1. The van der Waals surface area contributed by atoms with Crippen LogP contribution in [0.3, 0.4) is 0 Å². The summed E-state index contributed by atoms with van der Waals surface area (Å²) in [4.78, 5) is 95.0. The van der Waals surface area contributed by atoms with Gasteiger partial charge in [0.15, 0.2) is 37.3 Å². The smallest absolute Gasteiger partial charge is 0.338 e. The third kappa shape index (κ3) is 16.0. The third-order valence-electron chi connectivity index (χ3n) is 19.1. The fourth-order valence-electron chi connectivity index (χ4n) is 13.5. The Morgan fingerprint density at radius 2 is 0.835 bits per heavy atom. The van der Waals surface area contributed by atoms with Gasteiger partial charge >= 0.3 is 11.9 Å². The van der Waals surface area contributed by atoms with Crippen molar-refractivity contribution in [1.82, 2.24) is 9.80 Å². The van der Waals surface area contributed by atoms with E-state index in [9.17, 15) is 24.7 Å². The van der Waals surface area contributed by atoms with Crippen molar-refractivity contribution in [3.8, 4) is 0 Å². The Balaban J connectivity index is 0.973. The zero-order chi connectivity index (χ0) is 71.5. The van der Waals surface area contributed by atoms with Crippen molar-refractivity contribution >= 4 is 35.6 Å². The Morgan fingerprint density at radius 3 is 1.29 bits per heavy atom. The molecule has 7 aromatic carbocycles. The predicted molar refractivity (Wildman–Crippen MR) is 366 cm³/mol. The van der Waals surface area contributed by atoms with Crippen LogP contribution < -0.4 is 0 Å². The first-order valence-corrected chi connectivity index (χ1v) is 34.0. The van der Waals surface area contributed by atoms with E-state index < -0.39 is 134 Å². The Morgan fingerprint density at radius 1 is 0.447 bits per heavy atom. The maximum absolute atomic E-state index is 15.4. The highest BCUT2D eigenvalue weighted by atomic mass is 16.8. The van der Waals surface area contributed by atoms with Crippen LogP contribution in [0, 0.1) is 0 Å². The van der Waals surface area contributed by atoms with Crippen LogP contribution >= 0.6 is 0 Å². The molecule has 13 rings (SSSR count). The van der Waals surface area contributed by atoms with Gasteiger partial charge in [-0.2, -0.15) is 0 Å². The van der Waals surface area contributed by atoms with Crippen molar-refractivity contribution in [3.63, 3.8) is 0 Å². The average Bonchev–Trinajstić information content (AvgIpc) is 1.74. The van der Waals surface area contributed by atoms with Gasteiger partial charge in [0.05, 0.1) is 57.4 Å². The van der Waals surface area contributed by atoms with Gasteiger partial charge in [-0.3, -0.25) is 29.0 Å². The van der Waals surface area contributed by atoms with Crippen LogP contribution in [0.15, 0.2) is 240 Å². The van der Waals surface area contributed by atoms with Gasteiger partial charge in [-0.25, -0.2) is 9.59 Å². The molecule has 4 amide bonds. The minimum atomic E-state index is -1.85. The predicted octanol–water partition coefficient (Wildman–Crippen LogP) is 10.6. The topological polar surface area (TPSA) is 278 Å². The molecule has 532 valence electrons. The number of esters is 2. The molecular weight excluding hydrogens is 1320 g/mol. The van der Waals surface area contributed by atoms with Crippen LogP contribution in [0.2, 0.25) is 0 Å². The number of fused-ring (bicyclic) bond motifs is 1. The first-order chi connectivity index (χ1) is 50.2. The van der Waals surface area contributed by atoms with E-state index in [0.29, 0.717) is 16.7 Å². The van der Waals surface area contributed by atoms with Crippen LogP contribution in [0.4, 0.5) is 0 Å². The molecule has 4 fully saturated rings. The second kappa shape index (κ2) is 33.0. The van der Waals surface area contributed by atoms with E-state index in [4.69, 9.17) is 61.6 Å². The molecule has 6 heterocycles. The van der Waals surface area contributed by atoms with E-state index in [1.807, 2.05) is 140 Å². The maximum Gasteiger partial charge on any atom is 0.338 e. The van der Waals surface area contributed by atoms with Crippen LogP contribution in [0.1, 0.15) is 82.5 Å². The molecule has 0 aromatic heterocycles. The van der Waals surface area contributed by atoms with Crippen LogP contribution in [-0.2, 0) is 107 Å². The van der Waals surface area contributed by atoms with Crippen molar-refractivity contribution in [2.45, 2.75) is 152 Å². The normalized spacial score (nSPS) is 27.9. The summed E-state index contributed by atoms with van der Waals surface area (Å²) in [5.41, 5.74) is 14.5. The summed E-state index contributed by atoms with van der Waals surface area (Å²) in [6, 6.07) is 58.9. The van der Waals surface area contributed by atoms with Crippen molar-refractivity contribution < 1.29 is 90.3 Å². The molecule has 4 saturated heterocycles. The van der Waals surface area contributed by atoms with E-state index in [1.54, 1.807) is 72.8 Å². The minimum Gasteiger partial charge on any atom is -0.452 e. The number of imide groups is 2. The minimum absolute atomic E-state index is 0.000976. The van der Waals surface area contributed by atoms with Gasteiger partial charge in [-0.05, 0) is 79.7 Å². The van der Waals surface area contributed by atoms with Gasteiger partial charge in [-0.1, -0.05) is 193 Å². The zero-order valence-corrected chi connectivity index (χ0v) is 56.9. The van der Waals surface area contributed by atoms with Crippen molar-refractivity contribution in [2.24, 2.45) is 5.11 Å². The summed E-state index contributed by atoms with van der Waals surface area (Å²) < 4.78 is 90.0. The molecule has 24 heteroatoms. The molecule has 16 atom stereocenters. The Hall–Kier alpha value is -9.89. The van der Waals surface area contributed by atoms with E-state index in [0.717, 1.165) is 20.9 Å². The molecule has 24 nitrogen and oxygen atoms in total. The van der Waals surface area contributed by atoms with Gasteiger partial charge in [-0.15, -0.1) is 0 Å². The quantitative estimate of drug-likeness (QED) is 0.0160. The number of carbonyl (C=O) groups excluding carboxylic acids is 6. The van der Waals surface area contributed by atoms with Crippen molar-refractivity contribution in [3.05, 3.63) is 284 Å². The summed E-state index contributed by atoms with van der Waals surface area (Å²) in [7, 11) is 0. The summed E-state index contributed by atoms with van der Waals surface area (Å²) in [6.45, 7) is 4.80. The lowest BCUT2D eigenvalue weighted by atomic mass is 9.91. The van der Waals surface area contributed by atoms with Crippen LogP contribution in [-0.4, -0.2) is 157 Å². The molecule has 0 aliphatic carbocycles. The molecule has 6 aliphatic heterocycles. The number of ether oxygens (including phenoxy) is 13. The zero-order valence-electron chi connectivity index (χ0n) is 56.9. The number of hydrogen-bond donors (Lipinski definition) is 0. The van der Waals surface area contributed by atoms with Gasteiger partial charge in [0.1, 0.15) is 60.9 Å². The molecule has 0 saturated carbocycles. The third-order valence-corrected chi connectivity index (χ3v) is 19.1. The van der Waals surface area contributed by atoms with E-state index in [-0.39, 0.29) is 79.7 Å². The number of nitrogens with zero attached hydrogens (tertiary/aromatic N) is 5. The highest BCUT2D eigenvalue weighted by molar-refractivity contribution is 6.19. The highest BCUT2D eigenvalue weighted by Gasteiger charge is 2.62. The number of rotatable bonds is 26. The van der Waals surface area contributed by atoms with Crippen molar-refractivity contribution in [2.75, 3.05) is 19.8 Å². The van der Waals surface area contributed by atoms with Crippen LogP contribution in [0.25, 0.3) is 10.4 Å². The molecule has 0 unspecified atom stereocenters. The number of amides is 4. The van der Waals surface area contributed by atoms with Gasteiger partial charge in [0.2, 0.25) is 0 Å². The SMILES string of the molecule is CC1=C(C)C(=O)N([C@@H]2[C@@H](OCc3ccccc3)[C@H](O[C@@H]3O[C@H](COCc4ccccc4)[C@@H](O[C@@H]4O[C@@H]5CO[C@@H](c6ccccc6)O[C@H]5[C@H](OC(=O)c5ccccc5)[C@@H]4OC(=O)c4ccccc4)[C@H](OCc4ccccc4)[C@H]3N3C(=O)C(C)=C(C)C3=O)[C@@H](COCc3ccccc3)O[C@H]2N=[N+]=[N-])C1=O. The lowest BCUT2D eigenvalue weighted by Crippen LogP contribution is -2.72. The molecule has 0 spiro atoms. The average molecular weight is 1400 g/mol. The second-order valence-corrected chi connectivity index (χ2v) is 25.7. The monoisotopic (exact) mass is 1400 g/mol. The molecule has 103 heavy (non-hydrogen) atoms. The number of carbonyl (C=O) groups is 6. The van der Waals surface area contributed by atoms with E-state index in [2.05, 4.69) is 10.0 Å². The fraction of sp³-hybridized carbons (Fsp3) is 0.342. The first-order valence-electron chi connectivity index (χ1n) is 34.0. The van der Waals surface area contributed by atoms with Gasteiger partial charge < -0.3 is 61.6 Å². The number of benzene rings is 7. The Bertz CT molecular complexity index is 4190. The summed E-state index contributed by atoms with van der Waals surface area (Å²) in [5.74, 6) is -4.63. The van der Waals surface area contributed by atoms with Crippen LogP contribution in [0.5, 0.6) is 0 Å². The molecule has 0 N–H and O–H groups in total. The second-order valence-electron chi connectivity index (χ2n) is 25.7. The Kier molecular flexibility index (Phi) is 22.9. The number of hydrogen-bond acceptors (Lipinski definition) is 20. The largest absolute Gasteiger partial charge is 0.452 e. The first kappa shape index (κ1) is 71.5.